The fourth-order valence-electron chi connectivity index (χ4n) is 1.93. The molecule has 1 N–H and O–H groups in total. The van der Waals surface area contributed by atoms with Gasteiger partial charge in [-0.15, -0.1) is 0 Å². The standard InChI is InChI=1S/C15H25NO/c1-4-11-16-13(2)7-5-8-14-9-6-10-15(12-14)17-3/h6,9-10,12-13,16H,4-5,7-8,11H2,1-3H3. The molecule has 1 aromatic rings. The average molecular weight is 235 g/mol. The highest BCUT2D eigenvalue weighted by molar-refractivity contribution is 5.28. The Bertz CT molecular complexity index is 312. The number of aryl methyl sites for hydroxylation is 1. The monoisotopic (exact) mass is 235 g/mol. The summed E-state index contributed by atoms with van der Waals surface area (Å²) in [7, 11) is 1.72. The maximum Gasteiger partial charge on any atom is 0.119 e. The summed E-state index contributed by atoms with van der Waals surface area (Å²) in [4.78, 5) is 0. The van der Waals surface area contributed by atoms with Gasteiger partial charge in [0.05, 0.1) is 7.11 Å². The van der Waals surface area contributed by atoms with Crippen LogP contribution in [0.1, 0.15) is 38.7 Å². The van der Waals surface area contributed by atoms with Crippen molar-refractivity contribution in [2.75, 3.05) is 13.7 Å². The Hall–Kier alpha value is -1.02. The first-order valence-corrected chi connectivity index (χ1v) is 6.62. The smallest absolute Gasteiger partial charge is 0.119 e. The van der Waals surface area contributed by atoms with Crippen LogP contribution in [0.15, 0.2) is 24.3 Å². The van der Waals surface area contributed by atoms with Crippen molar-refractivity contribution in [3.8, 4) is 5.75 Å². The summed E-state index contributed by atoms with van der Waals surface area (Å²) in [5.74, 6) is 0.958. The molecule has 17 heavy (non-hydrogen) atoms. The van der Waals surface area contributed by atoms with E-state index in [9.17, 15) is 0 Å². The van der Waals surface area contributed by atoms with E-state index in [1.54, 1.807) is 7.11 Å². The van der Waals surface area contributed by atoms with E-state index in [-0.39, 0.29) is 0 Å². The molecular weight excluding hydrogens is 210 g/mol. The van der Waals surface area contributed by atoms with Crippen molar-refractivity contribution in [3.63, 3.8) is 0 Å². The lowest BCUT2D eigenvalue weighted by molar-refractivity contribution is 0.414. The van der Waals surface area contributed by atoms with Crippen molar-refractivity contribution in [2.24, 2.45) is 0 Å². The molecule has 0 fully saturated rings. The van der Waals surface area contributed by atoms with Gasteiger partial charge in [0.2, 0.25) is 0 Å². The first-order chi connectivity index (χ1) is 8.26. The summed E-state index contributed by atoms with van der Waals surface area (Å²) in [5.41, 5.74) is 1.37. The zero-order valence-electron chi connectivity index (χ0n) is 11.3. The van der Waals surface area contributed by atoms with Crippen molar-refractivity contribution in [1.82, 2.24) is 5.32 Å². The summed E-state index contributed by atoms with van der Waals surface area (Å²) in [6.45, 7) is 5.59. The van der Waals surface area contributed by atoms with E-state index in [2.05, 4.69) is 37.4 Å². The largest absolute Gasteiger partial charge is 0.497 e. The van der Waals surface area contributed by atoms with E-state index in [1.165, 1.54) is 24.8 Å². The normalized spacial score (nSPS) is 12.4. The minimum Gasteiger partial charge on any atom is -0.497 e. The highest BCUT2D eigenvalue weighted by Gasteiger charge is 2.01. The van der Waals surface area contributed by atoms with Gasteiger partial charge in [0, 0.05) is 6.04 Å². The molecule has 0 heterocycles. The van der Waals surface area contributed by atoms with Gasteiger partial charge in [0.1, 0.15) is 5.75 Å². The molecule has 1 aromatic carbocycles. The number of rotatable bonds is 8. The molecular formula is C15H25NO. The lowest BCUT2D eigenvalue weighted by Crippen LogP contribution is -2.26. The first kappa shape index (κ1) is 14.0. The van der Waals surface area contributed by atoms with Crippen LogP contribution in [0.5, 0.6) is 5.75 Å². The first-order valence-electron chi connectivity index (χ1n) is 6.62. The molecule has 2 nitrogen and oxygen atoms in total. The van der Waals surface area contributed by atoms with Gasteiger partial charge in [-0.2, -0.15) is 0 Å². The topological polar surface area (TPSA) is 21.3 Å². The Morgan fingerprint density at radius 1 is 1.35 bits per heavy atom. The van der Waals surface area contributed by atoms with Crippen molar-refractivity contribution in [1.29, 1.82) is 0 Å². The van der Waals surface area contributed by atoms with E-state index in [0.29, 0.717) is 6.04 Å². The van der Waals surface area contributed by atoms with Crippen LogP contribution in [0.3, 0.4) is 0 Å². The van der Waals surface area contributed by atoms with Crippen LogP contribution >= 0.6 is 0 Å². The van der Waals surface area contributed by atoms with Gasteiger partial charge in [-0.3, -0.25) is 0 Å². The van der Waals surface area contributed by atoms with E-state index in [0.717, 1.165) is 18.7 Å². The van der Waals surface area contributed by atoms with Crippen molar-refractivity contribution < 1.29 is 4.74 Å². The van der Waals surface area contributed by atoms with Crippen LogP contribution in [0.4, 0.5) is 0 Å². The third-order valence-corrected chi connectivity index (χ3v) is 2.98. The second-order valence-corrected chi connectivity index (χ2v) is 4.60. The van der Waals surface area contributed by atoms with Crippen molar-refractivity contribution in [3.05, 3.63) is 29.8 Å². The minimum absolute atomic E-state index is 0.626. The maximum atomic E-state index is 5.22. The predicted molar refractivity (Wildman–Crippen MR) is 73.7 cm³/mol. The number of methoxy groups -OCH3 is 1. The molecule has 1 unspecified atom stereocenters. The number of hydrogen-bond acceptors (Lipinski definition) is 2. The fourth-order valence-corrected chi connectivity index (χ4v) is 1.93. The van der Waals surface area contributed by atoms with E-state index >= 15 is 0 Å². The van der Waals surface area contributed by atoms with Crippen LogP contribution in [0, 0.1) is 0 Å². The van der Waals surface area contributed by atoms with Gasteiger partial charge in [0.25, 0.3) is 0 Å². The fraction of sp³-hybridized carbons (Fsp3) is 0.600. The van der Waals surface area contributed by atoms with Gasteiger partial charge in [-0.25, -0.2) is 0 Å². The zero-order chi connectivity index (χ0) is 12.5. The molecule has 0 bridgehead atoms. The van der Waals surface area contributed by atoms with Crippen LogP contribution in [-0.4, -0.2) is 19.7 Å². The van der Waals surface area contributed by atoms with Crippen molar-refractivity contribution in [2.45, 2.75) is 45.6 Å². The second kappa shape index (κ2) is 8.13. The molecule has 2 heteroatoms. The maximum absolute atomic E-state index is 5.22. The summed E-state index contributed by atoms with van der Waals surface area (Å²) in [6.07, 6.45) is 4.80. The molecule has 0 saturated carbocycles. The number of nitrogens with one attached hydrogen (secondary N) is 1. The van der Waals surface area contributed by atoms with Crippen LogP contribution in [0.25, 0.3) is 0 Å². The molecule has 0 aliphatic rings. The highest BCUT2D eigenvalue weighted by Crippen LogP contribution is 2.14. The summed E-state index contributed by atoms with van der Waals surface area (Å²) in [6, 6.07) is 8.99. The Balaban J connectivity index is 2.25. The molecule has 1 rings (SSSR count). The van der Waals surface area contributed by atoms with Gasteiger partial charge in [-0.1, -0.05) is 19.1 Å². The highest BCUT2D eigenvalue weighted by atomic mass is 16.5. The van der Waals surface area contributed by atoms with Gasteiger partial charge in [-0.05, 0) is 56.8 Å². The van der Waals surface area contributed by atoms with Gasteiger partial charge in [0.15, 0.2) is 0 Å². The van der Waals surface area contributed by atoms with Crippen molar-refractivity contribution >= 4 is 0 Å². The summed E-state index contributed by atoms with van der Waals surface area (Å²) < 4.78 is 5.22. The summed E-state index contributed by atoms with van der Waals surface area (Å²) >= 11 is 0. The molecule has 0 radical (unpaired) electrons. The Morgan fingerprint density at radius 3 is 2.88 bits per heavy atom. The van der Waals surface area contributed by atoms with Gasteiger partial charge < -0.3 is 10.1 Å². The van der Waals surface area contributed by atoms with E-state index in [4.69, 9.17) is 4.74 Å². The number of ether oxygens (including phenoxy) is 1. The third kappa shape index (κ3) is 5.73. The third-order valence-electron chi connectivity index (χ3n) is 2.98. The molecule has 0 aromatic heterocycles. The Morgan fingerprint density at radius 2 is 2.18 bits per heavy atom. The predicted octanol–water partition coefficient (Wildman–Crippen LogP) is 3.41. The average Bonchev–Trinajstić information content (AvgIpc) is 2.36. The molecule has 0 aliphatic carbocycles. The zero-order valence-corrected chi connectivity index (χ0v) is 11.3. The lowest BCUT2D eigenvalue weighted by atomic mass is 10.1. The Labute approximate surface area is 105 Å². The van der Waals surface area contributed by atoms with Gasteiger partial charge >= 0.3 is 0 Å². The molecule has 0 amide bonds. The molecule has 0 spiro atoms. The number of hydrogen-bond donors (Lipinski definition) is 1. The molecule has 96 valence electrons. The minimum atomic E-state index is 0.626. The van der Waals surface area contributed by atoms with E-state index in [1.807, 2.05) is 6.07 Å². The second-order valence-electron chi connectivity index (χ2n) is 4.60. The quantitative estimate of drug-likeness (QED) is 0.745. The van der Waals surface area contributed by atoms with Crippen LogP contribution < -0.4 is 10.1 Å². The Kier molecular flexibility index (Phi) is 6.71. The van der Waals surface area contributed by atoms with Crippen LogP contribution in [0.2, 0.25) is 0 Å². The lowest BCUT2D eigenvalue weighted by Gasteiger charge is -2.12. The molecule has 0 aliphatic heterocycles. The number of benzene rings is 1. The summed E-state index contributed by atoms with van der Waals surface area (Å²) in [5, 5.41) is 3.52. The SMILES string of the molecule is CCCNC(C)CCCc1cccc(OC)c1. The van der Waals surface area contributed by atoms with Crippen LogP contribution in [-0.2, 0) is 6.42 Å². The van der Waals surface area contributed by atoms with E-state index < -0.39 is 0 Å². The molecule has 0 saturated heterocycles. The molecule has 1 atom stereocenters.